The Morgan fingerprint density at radius 3 is 2.86 bits per heavy atom. The van der Waals surface area contributed by atoms with E-state index in [2.05, 4.69) is 0 Å². The van der Waals surface area contributed by atoms with Crippen molar-refractivity contribution in [1.82, 2.24) is 0 Å². The number of benzene rings is 1. The molecule has 0 aliphatic carbocycles. The van der Waals surface area contributed by atoms with E-state index in [1.807, 2.05) is 0 Å². The van der Waals surface area contributed by atoms with E-state index in [9.17, 15) is 12.9 Å². The van der Waals surface area contributed by atoms with E-state index in [-0.39, 0.29) is 29.4 Å². The highest BCUT2D eigenvalue weighted by molar-refractivity contribution is 7.94. The molecule has 0 N–H and O–H groups in total. The number of rotatable bonds is 1. The van der Waals surface area contributed by atoms with Crippen LogP contribution in [0.25, 0.3) is 0 Å². The van der Waals surface area contributed by atoms with E-state index in [0.717, 1.165) is 0 Å². The van der Waals surface area contributed by atoms with Gasteiger partial charge < -0.3 is 0 Å². The fourth-order valence-corrected chi connectivity index (χ4v) is 3.16. The van der Waals surface area contributed by atoms with E-state index in [1.54, 1.807) is 18.2 Å². The largest absolute Gasteiger partial charge is 0.293 e. The third kappa shape index (κ3) is 1.62. The second-order valence-electron chi connectivity index (χ2n) is 3.01. The summed E-state index contributed by atoms with van der Waals surface area (Å²) in [4.78, 5) is 11.8. The maximum absolute atomic E-state index is 12.5. The molecule has 1 aromatic rings. The van der Waals surface area contributed by atoms with Crippen molar-refractivity contribution in [1.29, 1.82) is 0 Å². The van der Waals surface area contributed by atoms with E-state index < -0.39 is 10.8 Å². The van der Waals surface area contributed by atoms with Gasteiger partial charge in [-0.1, -0.05) is 12.1 Å². The topological polar surface area (TPSA) is 34.1 Å². The molecule has 5 heteroatoms. The van der Waals surface area contributed by atoms with Crippen molar-refractivity contribution in [3.63, 3.8) is 0 Å². The van der Waals surface area contributed by atoms with Crippen LogP contribution in [0.1, 0.15) is 15.9 Å². The highest BCUT2D eigenvalue weighted by Gasteiger charge is 2.24. The van der Waals surface area contributed by atoms with Crippen LogP contribution in [0.2, 0.25) is 0 Å². The van der Waals surface area contributed by atoms with Gasteiger partial charge in [0.25, 0.3) is 0 Å². The standard InChI is InChI=1S/C9H7FO2S2/c10-13-9-3-1-2-6-7(9)4-14(12)5-8(6)11/h1-3H,4-5H2. The van der Waals surface area contributed by atoms with Gasteiger partial charge in [-0.25, -0.2) is 0 Å². The molecule has 14 heavy (non-hydrogen) atoms. The zero-order valence-corrected chi connectivity index (χ0v) is 8.79. The van der Waals surface area contributed by atoms with Crippen LogP contribution in [0.4, 0.5) is 3.89 Å². The van der Waals surface area contributed by atoms with Crippen molar-refractivity contribution >= 4 is 28.7 Å². The number of fused-ring (bicyclic) bond motifs is 1. The Morgan fingerprint density at radius 2 is 2.14 bits per heavy atom. The fraction of sp³-hybridized carbons (Fsp3) is 0.222. The van der Waals surface area contributed by atoms with Gasteiger partial charge in [-0.3, -0.25) is 9.00 Å². The molecule has 0 spiro atoms. The van der Waals surface area contributed by atoms with Gasteiger partial charge in [-0.05, 0) is 11.6 Å². The zero-order valence-electron chi connectivity index (χ0n) is 7.16. The van der Waals surface area contributed by atoms with Crippen LogP contribution in [0.3, 0.4) is 0 Å². The predicted molar refractivity (Wildman–Crippen MR) is 54.5 cm³/mol. The number of halogens is 1. The Bertz CT molecular complexity index is 417. The van der Waals surface area contributed by atoms with Crippen LogP contribution >= 0.6 is 12.1 Å². The van der Waals surface area contributed by atoms with E-state index in [1.165, 1.54) is 0 Å². The van der Waals surface area contributed by atoms with Crippen LogP contribution in [0.5, 0.6) is 0 Å². The van der Waals surface area contributed by atoms with Gasteiger partial charge in [0.2, 0.25) is 0 Å². The summed E-state index contributed by atoms with van der Waals surface area (Å²) in [5, 5.41) is 0. The summed E-state index contributed by atoms with van der Waals surface area (Å²) in [6.07, 6.45) is 0. The summed E-state index contributed by atoms with van der Waals surface area (Å²) in [5.74, 6) is 0.196. The Kier molecular flexibility index (Phi) is 2.69. The third-order valence-corrected chi connectivity index (χ3v) is 3.86. The van der Waals surface area contributed by atoms with Crippen LogP contribution in [-0.2, 0) is 16.6 Å². The summed E-state index contributed by atoms with van der Waals surface area (Å²) in [6, 6.07) is 4.90. The Morgan fingerprint density at radius 1 is 1.36 bits per heavy atom. The summed E-state index contributed by atoms with van der Waals surface area (Å²) < 4.78 is 23.7. The lowest BCUT2D eigenvalue weighted by Crippen LogP contribution is -2.21. The summed E-state index contributed by atoms with van der Waals surface area (Å²) >= 11 is 0.101. The average molecular weight is 230 g/mol. The molecule has 2 rings (SSSR count). The van der Waals surface area contributed by atoms with Crippen LogP contribution in [-0.4, -0.2) is 15.7 Å². The van der Waals surface area contributed by atoms with E-state index >= 15 is 0 Å². The molecule has 1 aromatic carbocycles. The molecule has 0 fully saturated rings. The monoisotopic (exact) mass is 230 g/mol. The molecule has 1 aliphatic rings. The molecule has 1 aliphatic heterocycles. The minimum Gasteiger partial charge on any atom is -0.293 e. The highest BCUT2D eigenvalue weighted by atomic mass is 32.2. The quantitative estimate of drug-likeness (QED) is 0.741. The molecule has 0 aromatic heterocycles. The third-order valence-electron chi connectivity index (χ3n) is 2.11. The second-order valence-corrected chi connectivity index (χ2v) is 5.06. The number of carbonyl (C=O) groups is 1. The zero-order chi connectivity index (χ0) is 10.1. The minimum atomic E-state index is -1.17. The van der Waals surface area contributed by atoms with Crippen molar-refractivity contribution in [3.8, 4) is 0 Å². The van der Waals surface area contributed by atoms with E-state index in [4.69, 9.17) is 0 Å². The average Bonchev–Trinajstić information content (AvgIpc) is 2.17. The number of ketones is 1. The summed E-state index contributed by atoms with van der Waals surface area (Å²) in [7, 11) is -1.17. The van der Waals surface area contributed by atoms with Gasteiger partial charge in [-0.15, -0.1) is 0 Å². The van der Waals surface area contributed by atoms with Gasteiger partial charge in [0.05, 0.1) is 23.7 Å². The molecule has 0 amide bonds. The molecule has 0 saturated carbocycles. The molecule has 0 radical (unpaired) electrons. The molecule has 1 heterocycles. The summed E-state index contributed by atoms with van der Waals surface area (Å²) in [5.41, 5.74) is 1.11. The fourth-order valence-electron chi connectivity index (χ4n) is 1.48. The van der Waals surface area contributed by atoms with Gasteiger partial charge in [0.1, 0.15) is 0 Å². The van der Waals surface area contributed by atoms with Crippen molar-refractivity contribution < 1.29 is 12.9 Å². The van der Waals surface area contributed by atoms with Crippen molar-refractivity contribution in [2.75, 3.05) is 5.75 Å². The molecule has 2 nitrogen and oxygen atoms in total. The SMILES string of the molecule is O=C1CS(=O)Cc2c(SF)cccc21. The number of carbonyl (C=O) groups excluding carboxylic acids is 1. The molecule has 74 valence electrons. The maximum Gasteiger partial charge on any atom is 0.175 e. The van der Waals surface area contributed by atoms with E-state index in [0.29, 0.717) is 16.0 Å². The Labute approximate surface area is 87.6 Å². The maximum atomic E-state index is 12.5. The molecular weight excluding hydrogens is 223 g/mol. The van der Waals surface area contributed by atoms with Gasteiger partial charge >= 0.3 is 0 Å². The summed E-state index contributed by atoms with van der Waals surface area (Å²) in [6.45, 7) is 0. The lowest BCUT2D eigenvalue weighted by atomic mass is 10.1. The Hall–Kier alpha value is -0.680. The number of Topliss-reactive ketones (excluding diaryl/α,β-unsaturated/α-hetero) is 1. The molecule has 1 unspecified atom stereocenters. The van der Waals surface area contributed by atoms with Gasteiger partial charge in [0, 0.05) is 21.3 Å². The van der Waals surface area contributed by atoms with Gasteiger partial charge in [0.15, 0.2) is 5.78 Å². The predicted octanol–water partition coefficient (Wildman–Crippen LogP) is 2.11. The first-order valence-corrected chi connectivity index (χ1v) is 6.21. The number of hydrogen-bond acceptors (Lipinski definition) is 3. The first-order valence-electron chi connectivity index (χ1n) is 4.01. The van der Waals surface area contributed by atoms with Crippen LogP contribution in [0, 0.1) is 0 Å². The first-order chi connectivity index (χ1) is 6.72. The number of hydrogen-bond donors (Lipinski definition) is 0. The molecular formula is C9H7FO2S2. The molecule has 1 atom stereocenters. The van der Waals surface area contributed by atoms with Gasteiger partial charge in [-0.2, -0.15) is 3.89 Å². The highest BCUT2D eigenvalue weighted by Crippen LogP contribution is 2.30. The lowest BCUT2D eigenvalue weighted by molar-refractivity contribution is 0.101. The van der Waals surface area contributed by atoms with Crippen molar-refractivity contribution in [2.45, 2.75) is 10.6 Å². The van der Waals surface area contributed by atoms with Crippen molar-refractivity contribution in [3.05, 3.63) is 29.3 Å². The van der Waals surface area contributed by atoms with Crippen molar-refractivity contribution in [2.24, 2.45) is 0 Å². The normalized spacial score (nSPS) is 20.6. The van der Waals surface area contributed by atoms with Crippen LogP contribution in [0.15, 0.2) is 23.1 Å². The van der Waals surface area contributed by atoms with Crippen LogP contribution < -0.4 is 0 Å². The smallest absolute Gasteiger partial charge is 0.175 e. The minimum absolute atomic E-state index is 0.0629. The molecule has 0 bridgehead atoms. The molecule has 0 saturated heterocycles. The first kappa shape index (κ1) is 9.86. The lowest BCUT2D eigenvalue weighted by Gasteiger charge is -2.15. The second kappa shape index (κ2) is 3.82. The Balaban J connectivity index is 2.58.